The van der Waals surface area contributed by atoms with Gasteiger partial charge in [-0.05, 0) is 194 Å². The normalized spacial score (nSPS) is 12.4. The van der Waals surface area contributed by atoms with Crippen LogP contribution in [0, 0.1) is 0 Å². The molecular weight excluding hydrogens is 1290 g/mol. The van der Waals surface area contributed by atoms with E-state index in [2.05, 4.69) is 161 Å². The molecule has 0 aliphatic carbocycles. The second kappa shape index (κ2) is 35.2. The molecule has 12 aromatic rings. The van der Waals surface area contributed by atoms with Gasteiger partial charge in [-0.15, -0.1) is 0 Å². The minimum Gasteiger partial charge on any atom is -0.491 e. The van der Waals surface area contributed by atoms with Gasteiger partial charge in [0.25, 0.3) is 0 Å². The molecule has 8 aromatic carbocycles. The number of benzene rings is 8. The number of fused-ring (bicyclic) bond motifs is 4. The number of unbranched alkanes of at least 4 members (excludes halogenated alkanes) is 1. The molecule has 0 saturated heterocycles. The monoisotopic (exact) mass is 1360 g/mol. The molecule has 4 aromatic heterocycles. The average Bonchev–Trinajstić information content (AvgIpc) is 2.92. The van der Waals surface area contributed by atoms with Crippen molar-refractivity contribution in [2.45, 2.75) is 122 Å². The van der Waals surface area contributed by atoms with Crippen LogP contribution in [0.1, 0.15) is 142 Å². The fraction of sp³-hybridized carbons (Fsp3) is 0.250. The molecule has 0 radical (unpaired) electrons. The first-order chi connectivity index (χ1) is 44.3. The number of aromatic nitrogens is 4. The van der Waals surface area contributed by atoms with E-state index in [1.807, 2.05) is 128 Å². The molecule has 91 heavy (non-hydrogen) atoms. The van der Waals surface area contributed by atoms with Crippen molar-refractivity contribution in [2.24, 2.45) is 0 Å². The molecule has 4 heterocycles. The first-order valence-corrected chi connectivity index (χ1v) is 34.3. The van der Waals surface area contributed by atoms with Crippen LogP contribution >= 0.6 is 73.9 Å². The van der Waals surface area contributed by atoms with Crippen molar-refractivity contribution in [1.82, 2.24) is 19.9 Å². The van der Waals surface area contributed by atoms with E-state index < -0.39 is 0 Å². The van der Waals surface area contributed by atoms with E-state index in [9.17, 15) is 0 Å². The van der Waals surface area contributed by atoms with Crippen LogP contribution in [0.4, 0.5) is 0 Å². The van der Waals surface area contributed by atoms with Crippen LogP contribution < -0.4 is 4.74 Å². The molecule has 0 spiro atoms. The maximum Gasteiger partial charge on any atom is 0.145 e. The number of aryl methyl sites for hydroxylation is 3. The van der Waals surface area contributed by atoms with Crippen molar-refractivity contribution >= 4 is 118 Å². The Hall–Kier alpha value is -6.87. The lowest BCUT2D eigenvalue weighted by molar-refractivity contribution is 0.303. The zero-order valence-electron chi connectivity index (χ0n) is 52.2. The number of ether oxygens (including phenoxy) is 1. The van der Waals surface area contributed by atoms with E-state index >= 15 is 0 Å². The van der Waals surface area contributed by atoms with Gasteiger partial charge in [-0.2, -0.15) is 0 Å². The zero-order valence-corrected chi connectivity index (χ0v) is 57.6. The second-order valence-corrected chi connectivity index (χ2v) is 26.3. The predicted octanol–water partition coefficient (Wildman–Crippen LogP) is 25.3. The molecule has 0 fully saturated rings. The van der Waals surface area contributed by atoms with E-state index in [0.29, 0.717) is 30.3 Å². The largest absolute Gasteiger partial charge is 0.491 e. The number of halogens is 6. The molecule has 11 heteroatoms. The molecule has 0 saturated carbocycles. The predicted molar refractivity (Wildman–Crippen MR) is 393 cm³/mol. The van der Waals surface area contributed by atoms with Gasteiger partial charge in [0.1, 0.15) is 11.3 Å². The Kier molecular flexibility index (Phi) is 26.5. The first kappa shape index (κ1) is 68.5. The standard InChI is InChI=1S/C21H22ClN.C20H19BrClN.C20H19Cl2N.C19H18ClNO/c1-16(19-13-4-5-14-20(19)22)8-2-3-9-17-10-6-11-18-12-7-15-23-21(17)18;1-14(16-8-2-3-10-19(16)22)6-4-7-15-11-12-18(21)17-9-5-13-23-20(15)17;1-14(19-17(21)11-4-12-18(19)22)6-2-7-15-8-3-9-16-10-5-13-23-20(15)16;1-14(16-8-2-3-9-17(16)20)11-13-22-18-10-4-6-15-7-5-12-21-19(15)18/h4-7,10-16H,2-3,8-9H2,1H3;2-3,5,8-14H,4,6-7H2,1H3;3-5,8-14H,2,6-7H2,1H3;2-10,12,14H,11,13H2,1H3. The summed E-state index contributed by atoms with van der Waals surface area (Å²) in [6.07, 6.45) is 19.4. The molecule has 4 unspecified atom stereocenters. The molecule has 0 N–H and O–H groups in total. The van der Waals surface area contributed by atoms with E-state index in [1.54, 1.807) is 6.20 Å². The Morgan fingerprint density at radius 3 is 1.25 bits per heavy atom. The lowest BCUT2D eigenvalue weighted by Gasteiger charge is -2.15. The van der Waals surface area contributed by atoms with Crippen LogP contribution in [0.5, 0.6) is 5.75 Å². The van der Waals surface area contributed by atoms with Crippen LogP contribution in [0.3, 0.4) is 0 Å². The number of nitrogens with zero attached hydrogens (tertiary/aromatic N) is 4. The lowest BCUT2D eigenvalue weighted by Crippen LogP contribution is -2.04. The highest BCUT2D eigenvalue weighted by atomic mass is 79.9. The van der Waals surface area contributed by atoms with Gasteiger partial charge in [-0.1, -0.05) is 248 Å². The highest BCUT2D eigenvalue weighted by Crippen LogP contribution is 2.36. The van der Waals surface area contributed by atoms with Gasteiger partial charge < -0.3 is 4.74 Å². The molecular formula is C80H78BrCl5N4O. The summed E-state index contributed by atoms with van der Waals surface area (Å²) < 4.78 is 7.05. The van der Waals surface area contributed by atoms with Crippen molar-refractivity contribution in [3.05, 3.63) is 300 Å². The summed E-state index contributed by atoms with van der Waals surface area (Å²) in [7, 11) is 0. The van der Waals surface area contributed by atoms with Crippen molar-refractivity contribution in [3.8, 4) is 5.75 Å². The highest BCUT2D eigenvalue weighted by molar-refractivity contribution is 9.10. The minimum absolute atomic E-state index is 0.346. The van der Waals surface area contributed by atoms with Crippen LogP contribution in [-0.4, -0.2) is 26.5 Å². The van der Waals surface area contributed by atoms with E-state index in [4.69, 9.17) is 62.7 Å². The fourth-order valence-electron chi connectivity index (χ4n) is 11.9. The van der Waals surface area contributed by atoms with Crippen LogP contribution in [0.2, 0.25) is 25.1 Å². The van der Waals surface area contributed by atoms with Gasteiger partial charge in [-0.3, -0.25) is 19.9 Å². The molecule has 0 aliphatic rings. The van der Waals surface area contributed by atoms with Crippen molar-refractivity contribution in [3.63, 3.8) is 0 Å². The summed E-state index contributed by atoms with van der Waals surface area (Å²) in [5.41, 5.74) is 13.0. The van der Waals surface area contributed by atoms with Crippen molar-refractivity contribution < 1.29 is 4.74 Å². The third-order valence-corrected chi connectivity index (χ3v) is 19.3. The third-order valence-electron chi connectivity index (χ3n) is 16.9. The Balaban J connectivity index is 0.000000144. The summed E-state index contributed by atoms with van der Waals surface area (Å²) in [5.74, 6) is 2.52. The Labute approximate surface area is 571 Å². The van der Waals surface area contributed by atoms with Crippen LogP contribution in [0.25, 0.3) is 43.6 Å². The van der Waals surface area contributed by atoms with Crippen LogP contribution in [-0.2, 0) is 19.3 Å². The maximum atomic E-state index is 6.30. The minimum atomic E-state index is 0.346. The van der Waals surface area contributed by atoms with Gasteiger partial charge in [0.15, 0.2) is 0 Å². The van der Waals surface area contributed by atoms with Gasteiger partial charge in [0.2, 0.25) is 0 Å². The third kappa shape index (κ3) is 19.4. The van der Waals surface area contributed by atoms with Gasteiger partial charge in [0, 0.05) is 75.9 Å². The summed E-state index contributed by atoms with van der Waals surface area (Å²) in [6.45, 7) is 9.52. The maximum absolute atomic E-state index is 6.30. The highest BCUT2D eigenvalue weighted by Gasteiger charge is 2.16. The number of rotatable bonds is 21. The fourth-order valence-corrected chi connectivity index (χ4v) is 14.0. The number of hydrogen-bond acceptors (Lipinski definition) is 5. The first-order valence-electron chi connectivity index (χ1n) is 31.7. The molecule has 0 bridgehead atoms. The summed E-state index contributed by atoms with van der Waals surface area (Å²) in [4.78, 5) is 18.0. The molecule has 5 nitrogen and oxygen atoms in total. The van der Waals surface area contributed by atoms with E-state index in [-0.39, 0.29) is 0 Å². The van der Waals surface area contributed by atoms with Crippen molar-refractivity contribution in [1.29, 1.82) is 0 Å². The zero-order chi connectivity index (χ0) is 63.9. The Bertz CT molecular complexity index is 4240. The molecule has 0 aliphatic heterocycles. The Morgan fingerprint density at radius 2 is 0.725 bits per heavy atom. The Morgan fingerprint density at radius 1 is 0.341 bits per heavy atom. The molecule has 0 amide bonds. The van der Waals surface area contributed by atoms with Crippen molar-refractivity contribution in [2.75, 3.05) is 6.61 Å². The summed E-state index contributed by atoms with van der Waals surface area (Å²) >= 11 is 35.0. The summed E-state index contributed by atoms with van der Waals surface area (Å²) in [6, 6.07) is 69.5. The molecule has 466 valence electrons. The van der Waals surface area contributed by atoms with Gasteiger partial charge in [-0.25, -0.2) is 0 Å². The number of para-hydroxylation sites is 3. The van der Waals surface area contributed by atoms with E-state index in [1.165, 1.54) is 68.8 Å². The molecule has 12 rings (SSSR count). The quantitative estimate of drug-likeness (QED) is 0.0671. The number of pyridine rings is 4. The van der Waals surface area contributed by atoms with E-state index in [0.717, 1.165) is 120 Å². The number of hydrogen-bond donors (Lipinski definition) is 0. The van der Waals surface area contributed by atoms with Gasteiger partial charge >= 0.3 is 0 Å². The lowest BCUT2D eigenvalue weighted by atomic mass is 9.93. The van der Waals surface area contributed by atoms with Crippen LogP contribution in [0.15, 0.2) is 236 Å². The molecule has 4 atom stereocenters. The average molecular weight is 1370 g/mol. The second-order valence-electron chi connectivity index (χ2n) is 23.4. The summed E-state index contributed by atoms with van der Waals surface area (Å²) in [5, 5.41) is 8.81. The SMILES string of the molecule is CC(CCCCc1cccc2cccnc12)c1ccccc1Cl.CC(CCCc1ccc(Br)c2cccnc12)c1ccccc1Cl.CC(CCCc1cccc2cccnc12)c1c(Cl)cccc1Cl.CC(CCOc1cccc2cccnc12)c1ccccc1Cl. The smallest absolute Gasteiger partial charge is 0.145 e. The topological polar surface area (TPSA) is 60.8 Å². The van der Waals surface area contributed by atoms with Gasteiger partial charge in [0.05, 0.1) is 23.2 Å².